The maximum Gasteiger partial charge on any atom is 0.291 e. The van der Waals surface area contributed by atoms with Crippen molar-refractivity contribution in [1.82, 2.24) is 4.90 Å². The highest BCUT2D eigenvalue weighted by atomic mass is 79.9. The molecule has 0 aliphatic carbocycles. The van der Waals surface area contributed by atoms with Crippen molar-refractivity contribution < 1.29 is 18.4 Å². The summed E-state index contributed by atoms with van der Waals surface area (Å²) in [5.74, 6) is -1.10. The molecule has 0 fully saturated rings. The summed E-state index contributed by atoms with van der Waals surface area (Å²) in [6.45, 7) is 3.43. The van der Waals surface area contributed by atoms with E-state index >= 15 is 0 Å². The van der Waals surface area contributed by atoms with Crippen LogP contribution in [0.15, 0.2) is 50.3 Å². The summed E-state index contributed by atoms with van der Waals surface area (Å²) in [6.07, 6.45) is -0.0456. The zero-order valence-electron chi connectivity index (χ0n) is 17.1. The summed E-state index contributed by atoms with van der Waals surface area (Å²) in [6, 6.07) is 9.62. The van der Waals surface area contributed by atoms with E-state index in [4.69, 9.17) is 10.2 Å². The van der Waals surface area contributed by atoms with E-state index in [0.29, 0.717) is 16.8 Å². The number of anilines is 1. The Kier molecular flexibility index (Phi) is 5.09. The van der Waals surface area contributed by atoms with Crippen molar-refractivity contribution in [3.8, 4) is 0 Å². The second-order valence-corrected chi connectivity index (χ2v) is 8.63. The number of benzene rings is 2. The highest BCUT2D eigenvalue weighted by Crippen LogP contribution is 2.36. The van der Waals surface area contributed by atoms with Crippen LogP contribution in [0.2, 0.25) is 0 Å². The Balaban J connectivity index is 1.67. The SMILES string of the molecule is Cc1c(C(=O)Nc2ccc(F)c(C3(C)CC(=O)N(C)C(N)=N3)c2)oc2ccc(Br)cc12. The molecular formula is C22H20BrFN4O3. The Bertz CT molecular complexity index is 1270. The molecule has 0 spiro atoms. The van der Waals surface area contributed by atoms with Crippen LogP contribution in [0.5, 0.6) is 0 Å². The van der Waals surface area contributed by atoms with Gasteiger partial charge in [-0.25, -0.2) is 9.38 Å². The summed E-state index contributed by atoms with van der Waals surface area (Å²) >= 11 is 3.41. The minimum Gasteiger partial charge on any atom is -0.451 e. The Hall–Kier alpha value is -3.20. The van der Waals surface area contributed by atoms with Crippen molar-refractivity contribution in [3.63, 3.8) is 0 Å². The lowest BCUT2D eigenvalue weighted by Gasteiger charge is -2.34. The normalized spacial score (nSPS) is 18.9. The summed E-state index contributed by atoms with van der Waals surface area (Å²) in [5, 5.41) is 3.56. The molecule has 0 radical (unpaired) electrons. The van der Waals surface area contributed by atoms with Gasteiger partial charge in [0.05, 0.1) is 12.0 Å². The number of carbonyl (C=O) groups is 2. The van der Waals surface area contributed by atoms with Crippen LogP contribution in [0.4, 0.5) is 10.1 Å². The van der Waals surface area contributed by atoms with Gasteiger partial charge in [0.2, 0.25) is 5.91 Å². The number of carbonyl (C=O) groups excluding carboxylic acids is 2. The highest BCUT2D eigenvalue weighted by molar-refractivity contribution is 9.10. The van der Waals surface area contributed by atoms with E-state index in [9.17, 15) is 14.0 Å². The number of aliphatic imine (C=N–C) groups is 1. The molecule has 0 saturated carbocycles. The molecule has 1 unspecified atom stereocenters. The van der Waals surface area contributed by atoms with Gasteiger partial charge >= 0.3 is 0 Å². The lowest BCUT2D eigenvalue weighted by atomic mass is 9.87. The zero-order valence-corrected chi connectivity index (χ0v) is 18.7. The van der Waals surface area contributed by atoms with Crippen LogP contribution in [-0.2, 0) is 10.3 Å². The number of nitrogens with two attached hydrogens (primary N) is 1. The van der Waals surface area contributed by atoms with Gasteiger partial charge in [-0.05, 0) is 50.2 Å². The predicted octanol–water partition coefficient (Wildman–Crippen LogP) is 4.29. The molecule has 1 aromatic heterocycles. The number of fused-ring (bicyclic) bond motifs is 1. The molecule has 0 bridgehead atoms. The molecule has 1 atom stereocenters. The average molecular weight is 487 g/mol. The van der Waals surface area contributed by atoms with Crippen LogP contribution >= 0.6 is 15.9 Å². The third kappa shape index (κ3) is 3.69. The van der Waals surface area contributed by atoms with Crippen molar-refractivity contribution >= 4 is 50.4 Å². The third-order valence-electron chi connectivity index (χ3n) is 5.48. The summed E-state index contributed by atoms with van der Waals surface area (Å²) in [7, 11) is 1.52. The number of rotatable bonds is 3. The van der Waals surface area contributed by atoms with Crippen LogP contribution in [-0.4, -0.2) is 29.7 Å². The summed E-state index contributed by atoms with van der Waals surface area (Å²) in [4.78, 5) is 30.7. The fraction of sp³-hybridized carbons (Fsp3) is 0.227. The predicted molar refractivity (Wildman–Crippen MR) is 119 cm³/mol. The molecule has 1 aliphatic heterocycles. The van der Waals surface area contributed by atoms with E-state index in [0.717, 1.165) is 9.86 Å². The van der Waals surface area contributed by atoms with Gasteiger partial charge in [-0.15, -0.1) is 0 Å². The quantitative estimate of drug-likeness (QED) is 0.576. The van der Waals surface area contributed by atoms with E-state index in [-0.39, 0.29) is 29.6 Å². The lowest BCUT2D eigenvalue weighted by Crippen LogP contribution is -2.47. The van der Waals surface area contributed by atoms with E-state index in [1.807, 2.05) is 12.1 Å². The number of amides is 2. The molecule has 2 heterocycles. The van der Waals surface area contributed by atoms with Crippen LogP contribution in [0.3, 0.4) is 0 Å². The van der Waals surface area contributed by atoms with Crippen molar-refractivity contribution in [2.24, 2.45) is 10.7 Å². The lowest BCUT2D eigenvalue weighted by molar-refractivity contribution is -0.128. The first-order chi connectivity index (χ1) is 14.6. The summed E-state index contributed by atoms with van der Waals surface area (Å²) in [5.41, 5.74) is 6.46. The molecule has 2 amide bonds. The number of nitrogens with zero attached hydrogens (tertiary/aromatic N) is 2. The number of aryl methyl sites for hydroxylation is 1. The van der Waals surface area contributed by atoms with Crippen molar-refractivity contribution in [3.05, 3.63) is 63.6 Å². The summed E-state index contributed by atoms with van der Waals surface area (Å²) < 4.78 is 21.3. The topological polar surface area (TPSA) is 101 Å². The Labute approximate surface area is 186 Å². The standard InChI is InChI=1S/C22H20BrFN4O3/c1-11-14-8-12(23)4-7-17(14)31-19(11)20(30)26-13-5-6-16(24)15(9-13)22(2)10-18(29)28(3)21(25)27-22/h4-9H,10H2,1-3H3,(H2,25,27)(H,26,30). The van der Waals surface area contributed by atoms with Gasteiger partial charge in [0.1, 0.15) is 11.4 Å². The van der Waals surface area contributed by atoms with Crippen LogP contribution in [0, 0.1) is 12.7 Å². The minimum absolute atomic E-state index is 0.0108. The first kappa shape index (κ1) is 21.0. The highest BCUT2D eigenvalue weighted by Gasteiger charge is 2.38. The van der Waals surface area contributed by atoms with Crippen LogP contribution in [0.1, 0.15) is 35.0 Å². The molecule has 2 aromatic carbocycles. The molecule has 3 aromatic rings. The third-order valence-corrected chi connectivity index (χ3v) is 5.98. The minimum atomic E-state index is -1.18. The monoisotopic (exact) mass is 486 g/mol. The maximum absolute atomic E-state index is 14.7. The van der Waals surface area contributed by atoms with E-state index in [1.54, 1.807) is 19.9 Å². The molecule has 9 heteroatoms. The fourth-order valence-electron chi connectivity index (χ4n) is 3.68. The smallest absolute Gasteiger partial charge is 0.291 e. The maximum atomic E-state index is 14.7. The van der Waals surface area contributed by atoms with Gasteiger partial charge in [0, 0.05) is 33.7 Å². The van der Waals surface area contributed by atoms with Crippen molar-refractivity contribution in [2.45, 2.75) is 25.8 Å². The van der Waals surface area contributed by atoms with Gasteiger partial charge in [-0.2, -0.15) is 0 Å². The Morgan fingerprint density at radius 2 is 2.06 bits per heavy atom. The van der Waals surface area contributed by atoms with Crippen molar-refractivity contribution in [2.75, 3.05) is 12.4 Å². The molecule has 0 saturated heterocycles. The second kappa shape index (κ2) is 7.49. The molecular weight excluding hydrogens is 467 g/mol. The molecule has 3 N–H and O–H groups in total. The largest absolute Gasteiger partial charge is 0.451 e. The molecule has 7 nitrogen and oxygen atoms in total. The van der Waals surface area contributed by atoms with Gasteiger partial charge in [-0.1, -0.05) is 15.9 Å². The van der Waals surface area contributed by atoms with E-state index < -0.39 is 17.3 Å². The number of guanidine groups is 1. The number of furan rings is 1. The zero-order chi connectivity index (χ0) is 22.5. The van der Waals surface area contributed by atoms with Gasteiger partial charge < -0.3 is 15.5 Å². The first-order valence-electron chi connectivity index (χ1n) is 9.51. The van der Waals surface area contributed by atoms with Crippen LogP contribution in [0.25, 0.3) is 11.0 Å². The van der Waals surface area contributed by atoms with E-state index in [1.165, 1.54) is 30.1 Å². The Morgan fingerprint density at radius 3 is 2.77 bits per heavy atom. The number of halogens is 2. The molecule has 4 rings (SSSR count). The Morgan fingerprint density at radius 1 is 1.32 bits per heavy atom. The van der Waals surface area contributed by atoms with Crippen LogP contribution < -0.4 is 11.1 Å². The molecule has 1 aliphatic rings. The van der Waals surface area contributed by atoms with E-state index in [2.05, 4.69) is 26.2 Å². The number of hydrogen-bond donors (Lipinski definition) is 2. The average Bonchev–Trinajstić information content (AvgIpc) is 3.03. The second-order valence-electron chi connectivity index (χ2n) is 7.72. The van der Waals surface area contributed by atoms with Crippen molar-refractivity contribution in [1.29, 1.82) is 0 Å². The molecule has 31 heavy (non-hydrogen) atoms. The molecule has 160 valence electrons. The van der Waals surface area contributed by atoms with Gasteiger partial charge in [0.25, 0.3) is 5.91 Å². The number of nitrogens with one attached hydrogen (secondary N) is 1. The van der Waals surface area contributed by atoms with Gasteiger partial charge in [0.15, 0.2) is 11.7 Å². The fourth-order valence-corrected chi connectivity index (χ4v) is 4.04. The first-order valence-corrected chi connectivity index (χ1v) is 10.3. The van der Waals surface area contributed by atoms with Gasteiger partial charge in [-0.3, -0.25) is 14.5 Å². The number of hydrogen-bond acceptors (Lipinski definition) is 5.